The highest BCUT2D eigenvalue weighted by Gasteiger charge is 2.10. The number of halogens is 1. The predicted molar refractivity (Wildman–Crippen MR) is 58.0 cm³/mol. The van der Waals surface area contributed by atoms with Crippen LogP contribution in [0.2, 0.25) is 0 Å². The Hall–Kier alpha value is -1.38. The van der Waals surface area contributed by atoms with Crippen molar-refractivity contribution in [1.29, 1.82) is 0 Å². The van der Waals surface area contributed by atoms with E-state index in [1.165, 1.54) is 13.0 Å². The maximum atomic E-state index is 13.5. The van der Waals surface area contributed by atoms with E-state index in [2.05, 4.69) is 5.32 Å². The van der Waals surface area contributed by atoms with Crippen LogP contribution in [0.3, 0.4) is 0 Å². The summed E-state index contributed by atoms with van der Waals surface area (Å²) in [6.07, 6.45) is 0. The van der Waals surface area contributed by atoms with E-state index in [0.717, 1.165) is 5.56 Å². The van der Waals surface area contributed by atoms with Gasteiger partial charge in [0.2, 0.25) is 5.91 Å². The molecular formula is C12H16FNO. The Morgan fingerprint density at radius 3 is 2.67 bits per heavy atom. The topological polar surface area (TPSA) is 29.1 Å². The second kappa shape index (κ2) is 4.91. The molecule has 0 heterocycles. The molecule has 1 aromatic carbocycles. The third-order valence-corrected chi connectivity index (χ3v) is 2.29. The first kappa shape index (κ1) is 11.7. The van der Waals surface area contributed by atoms with Crippen LogP contribution >= 0.6 is 0 Å². The first-order chi connectivity index (χ1) is 7.02. The molecule has 0 fully saturated rings. The maximum Gasteiger partial charge on any atom is 0.217 e. The van der Waals surface area contributed by atoms with E-state index in [0.29, 0.717) is 5.56 Å². The quantitative estimate of drug-likeness (QED) is 0.814. The minimum atomic E-state index is -0.255. The lowest BCUT2D eigenvalue weighted by atomic mass is 9.97. The van der Waals surface area contributed by atoms with Crippen LogP contribution < -0.4 is 5.32 Å². The molecule has 0 radical (unpaired) electrons. The van der Waals surface area contributed by atoms with Crippen LogP contribution in [-0.4, -0.2) is 5.91 Å². The summed E-state index contributed by atoms with van der Waals surface area (Å²) in [5.41, 5.74) is 1.53. The third kappa shape index (κ3) is 3.05. The van der Waals surface area contributed by atoms with E-state index in [1.54, 1.807) is 6.07 Å². The molecule has 3 heteroatoms. The van der Waals surface area contributed by atoms with E-state index >= 15 is 0 Å². The van der Waals surface area contributed by atoms with Crippen molar-refractivity contribution in [2.24, 2.45) is 0 Å². The van der Waals surface area contributed by atoms with Crippen LogP contribution in [0.1, 0.15) is 37.8 Å². The largest absolute Gasteiger partial charge is 0.352 e. The smallest absolute Gasteiger partial charge is 0.217 e. The molecule has 1 aromatic rings. The van der Waals surface area contributed by atoms with Gasteiger partial charge in [-0.05, 0) is 17.5 Å². The molecule has 0 saturated carbocycles. The number of carbonyl (C=O) groups is 1. The fourth-order valence-corrected chi connectivity index (χ4v) is 1.52. The molecule has 0 aliphatic carbocycles. The van der Waals surface area contributed by atoms with Gasteiger partial charge in [0.25, 0.3) is 0 Å². The van der Waals surface area contributed by atoms with Gasteiger partial charge >= 0.3 is 0 Å². The Labute approximate surface area is 89.5 Å². The molecule has 0 saturated heterocycles. The molecule has 0 spiro atoms. The number of amides is 1. The summed E-state index contributed by atoms with van der Waals surface area (Å²) in [5.74, 6) is -0.146. The van der Waals surface area contributed by atoms with Crippen LogP contribution in [0.25, 0.3) is 0 Å². The SMILES string of the molecule is CC(=O)NCc1c(F)cccc1C(C)C. The van der Waals surface area contributed by atoms with Gasteiger partial charge in [0.1, 0.15) is 5.82 Å². The minimum Gasteiger partial charge on any atom is -0.352 e. The molecule has 0 atom stereocenters. The number of hydrogen-bond acceptors (Lipinski definition) is 1. The van der Waals surface area contributed by atoms with Crippen molar-refractivity contribution >= 4 is 5.91 Å². The highest BCUT2D eigenvalue weighted by atomic mass is 19.1. The fourth-order valence-electron chi connectivity index (χ4n) is 1.52. The molecule has 0 aliphatic heterocycles. The summed E-state index contributed by atoms with van der Waals surface area (Å²) in [4.78, 5) is 10.8. The zero-order valence-electron chi connectivity index (χ0n) is 9.30. The lowest BCUT2D eigenvalue weighted by Crippen LogP contribution is -2.21. The minimum absolute atomic E-state index is 0.145. The molecule has 0 aliphatic rings. The Morgan fingerprint density at radius 1 is 1.47 bits per heavy atom. The Balaban J connectivity index is 2.97. The van der Waals surface area contributed by atoms with Crippen LogP contribution in [0.5, 0.6) is 0 Å². The molecule has 1 amide bonds. The summed E-state index contributed by atoms with van der Waals surface area (Å²) >= 11 is 0. The van der Waals surface area contributed by atoms with Gasteiger partial charge < -0.3 is 5.32 Å². The number of nitrogens with one attached hydrogen (secondary N) is 1. The summed E-state index contributed by atoms with van der Waals surface area (Å²) in [6.45, 7) is 5.70. The molecule has 1 rings (SSSR count). The highest BCUT2D eigenvalue weighted by Crippen LogP contribution is 2.21. The van der Waals surface area contributed by atoms with Crippen LogP contribution in [-0.2, 0) is 11.3 Å². The normalized spacial score (nSPS) is 10.5. The van der Waals surface area contributed by atoms with E-state index in [1.807, 2.05) is 19.9 Å². The van der Waals surface area contributed by atoms with Gasteiger partial charge in [-0.1, -0.05) is 26.0 Å². The molecule has 1 N–H and O–H groups in total. The van der Waals surface area contributed by atoms with Crippen LogP contribution in [0, 0.1) is 5.82 Å². The average molecular weight is 209 g/mol. The second-order valence-corrected chi connectivity index (χ2v) is 3.87. The van der Waals surface area contributed by atoms with E-state index < -0.39 is 0 Å². The molecule has 15 heavy (non-hydrogen) atoms. The summed E-state index contributed by atoms with van der Waals surface area (Å²) in [5, 5.41) is 2.62. The zero-order valence-corrected chi connectivity index (χ0v) is 9.30. The summed E-state index contributed by atoms with van der Waals surface area (Å²) in [7, 11) is 0. The van der Waals surface area contributed by atoms with Crippen molar-refractivity contribution in [1.82, 2.24) is 5.32 Å². The van der Waals surface area contributed by atoms with Crippen molar-refractivity contribution < 1.29 is 9.18 Å². The van der Waals surface area contributed by atoms with Gasteiger partial charge in [0.05, 0.1) is 0 Å². The van der Waals surface area contributed by atoms with Crippen molar-refractivity contribution in [2.45, 2.75) is 33.2 Å². The van der Waals surface area contributed by atoms with E-state index in [4.69, 9.17) is 0 Å². The van der Waals surface area contributed by atoms with Crippen molar-refractivity contribution in [3.05, 3.63) is 35.1 Å². The van der Waals surface area contributed by atoms with E-state index in [-0.39, 0.29) is 24.2 Å². The lowest BCUT2D eigenvalue weighted by Gasteiger charge is -2.13. The molecule has 0 unspecified atom stereocenters. The lowest BCUT2D eigenvalue weighted by molar-refractivity contribution is -0.119. The van der Waals surface area contributed by atoms with Gasteiger partial charge in [-0.3, -0.25) is 4.79 Å². The molecular weight excluding hydrogens is 193 g/mol. The first-order valence-corrected chi connectivity index (χ1v) is 5.04. The van der Waals surface area contributed by atoms with Gasteiger partial charge in [-0.15, -0.1) is 0 Å². The Kier molecular flexibility index (Phi) is 3.83. The Bertz CT molecular complexity index is 361. The zero-order chi connectivity index (χ0) is 11.4. The van der Waals surface area contributed by atoms with Gasteiger partial charge in [0.15, 0.2) is 0 Å². The molecule has 82 valence electrons. The Morgan fingerprint density at radius 2 is 2.13 bits per heavy atom. The number of carbonyl (C=O) groups excluding carboxylic acids is 1. The van der Waals surface area contributed by atoms with Crippen molar-refractivity contribution in [3.8, 4) is 0 Å². The first-order valence-electron chi connectivity index (χ1n) is 5.04. The summed E-state index contributed by atoms with van der Waals surface area (Å²) in [6, 6.07) is 5.01. The van der Waals surface area contributed by atoms with Gasteiger partial charge in [-0.2, -0.15) is 0 Å². The van der Waals surface area contributed by atoms with Gasteiger partial charge in [0, 0.05) is 19.0 Å². The predicted octanol–water partition coefficient (Wildman–Crippen LogP) is 2.59. The van der Waals surface area contributed by atoms with Crippen LogP contribution in [0.4, 0.5) is 4.39 Å². The molecule has 0 bridgehead atoms. The third-order valence-electron chi connectivity index (χ3n) is 2.29. The van der Waals surface area contributed by atoms with Crippen molar-refractivity contribution in [2.75, 3.05) is 0 Å². The standard InChI is InChI=1S/C12H16FNO/c1-8(2)10-5-4-6-12(13)11(10)7-14-9(3)15/h4-6,8H,7H2,1-3H3,(H,14,15). The van der Waals surface area contributed by atoms with Gasteiger partial charge in [-0.25, -0.2) is 4.39 Å². The monoisotopic (exact) mass is 209 g/mol. The second-order valence-electron chi connectivity index (χ2n) is 3.87. The molecule has 2 nitrogen and oxygen atoms in total. The number of rotatable bonds is 3. The van der Waals surface area contributed by atoms with Crippen molar-refractivity contribution in [3.63, 3.8) is 0 Å². The molecule has 0 aromatic heterocycles. The fraction of sp³-hybridized carbons (Fsp3) is 0.417. The highest BCUT2D eigenvalue weighted by molar-refractivity contribution is 5.72. The van der Waals surface area contributed by atoms with Crippen LogP contribution in [0.15, 0.2) is 18.2 Å². The number of hydrogen-bond donors (Lipinski definition) is 1. The number of benzene rings is 1. The maximum absolute atomic E-state index is 13.5. The summed E-state index contributed by atoms with van der Waals surface area (Å²) < 4.78 is 13.5. The average Bonchev–Trinajstić information content (AvgIpc) is 2.15. The van der Waals surface area contributed by atoms with E-state index in [9.17, 15) is 9.18 Å².